The molecule has 0 bridgehead atoms. The van der Waals surface area contributed by atoms with E-state index in [1.807, 2.05) is 31.0 Å². The van der Waals surface area contributed by atoms with Crippen LogP contribution in [0.5, 0.6) is 0 Å². The molecule has 1 atom stereocenters. The number of nitrogens with zero attached hydrogens (tertiary/aromatic N) is 5. The molecule has 1 amide bonds. The monoisotopic (exact) mass is 449 g/mol. The van der Waals surface area contributed by atoms with Crippen LogP contribution in [0, 0.1) is 6.92 Å². The third kappa shape index (κ3) is 3.76. The summed E-state index contributed by atoms with van der Waals surface area (Å²) in [4.78, 5) is 31.1. The van der Waals surface area contributed by atoms with Crippen molar-refractivity contribution in [3.63, 3.8) is 0 Å². The van der Waals surface area contributed by atoms with Gasteiger partial charge in [0.25, 0.3) is 11.5 Å². The average Bonchev–Trinajstić information content (AvgIpc) is 3.05. The summed E-state index contributed by atoms with van der Waals surface area (Å²) in [6, 6.07) is 4.50. The van der Waals surface area contributed by atoms with Crippen molar-refractivity contribution in [3.8, 4) is 0 Å². The number of pyridine rings is 1. The van der Waals surface area contributed by atoms with Crippen molar-refractivity contribution in [2.75, 3.05) is 26.7 Å². The Balaban J connectivity index is 1.69. The van der Waals surface area contributed by atoms with Crippen molar-refractivity contribution in [2.45, 2.75) is 64.5 Å². The predicted molar refractivity (Wildman–Crippen MR) is 132 cm³/mol. The summed E-state index contributed by atoms with van der Waals surface area (Å²) in [5.41, 5.74) is 3.37. The zero-order valence-electron chi connectivity index (χ0n) is 20.3. The molecule has 7 heteroatoms. The maximum atomic E-state index is 13.7. The van der Waals surface area contributed by atoms with Gasteiger partial charge >= 0.3 is 0 Å². The first-order chi connectivity index (χ1) is 15.9. The van der Waals surface area contributed by atoms with Crippen LogP contribution in [0.1, 0.15) is 67.4 Å². The molecule has 176 valence electrons. The van der Waals surface area contributed by atoms with E-state index in [9.17, 15) is 9.59 Å². The van der Waals surface area contributed by atoms with Crippen molar-refractivity contribution >= 4 is 27.7 Å². The molecule has 1 aliphatic heterocycles. The number of fused-ring (bicyclic) bond motifs is 3. The zero-order valence-corrected chi connectivity index (χ0v) is 20.3. The fourth-order valence-electron chi connectivity index (χ4n) is 5.84. The molecule has 1 aromatic carbocycles. The van der Waals surface area contributed by atoms with Crippen LogP contribution in [-0.4, -0.2) is 62.8 Å². The molecule has 0 spiro atoms. The van der Waals surface area contributed by atoms with Gasteiger partial charge in [-0.05, 0) is 51.4 Å². The first-order valence-electron chi connectivity index (χ1n) is 12.4. The summed E-state index contributed by atoms with van der Waals surface area (Å²) >= 11 is 0. The lowest BCUT2D eigenvalue weighted by molar-refractivity contribution is 0.0533. The first kappa shape index (κ1) is 22.1. The van der Waals surface area contributed by atoms with Crippen molar-refractivity contribution in [1.82, 2.24) is 24.1 Å². The van der Waals surface area contributed by atoms with Crippen LogP contribution in [0.3, 0.4) is 0 Å². The topological polar surface area (TPSA) is 63.4 Å². The van der Waals surface area contributed by atoms with E-state index in [-0.39, 0.29) is 17.5 Å². The SMILES string of the molecule is Cc1cc2c(cc1C(=O)N1CCN(C)CC1C)c1c(cnn1C1CCCCCC1)c(=O)n2C. The number of hydrogen-bond acceptors (Lipinski definition) is 4. The number of carbonyl (C=O) groups is 1. The molecule has 3 heterocycles. The van der Waals surface area contributed by atoms with Crippen molar-refractivity contribution < 1.29 is 4.79 Å². The minimum absolute atomic E-state index is 0.0245. The molecule has 1 saturated carbocycles. The van der Waals surface area contributed by atoms with Crippen LogP contribution in [0.15, 0.2) is 23.1 Å². The minimum Gasteiger partial charge on any atom is -0.333 e. The van der Waals surface area contributed by atoms with Gasteiger partial charge in [0.05, 0.1) is 28.7 Å². The van der Waals surface area contributed by atoms with Crippen molar-refractivity contribution in [1.29, 1.82) is 0 Å². The first-order valence-corrected chi connectivity index (χ1v) is 12.4. The number of hydrogen-bond donors (Lipinski definition) is 0. The van der Waals surface area contributed by atoms with Gasteiger partial charge in [0.2, 0.25) is 0 Å². The summed E-state index contributed by atoms with van der Waals surface area (Å²) in [5, 5.41) is 6.31. The van der Waals surface area contributed by atoms with Crippen LogP contribution in [-0.2, 0) is 7.05 Å². The second-order valence-corrected chi connectivity index (χ2v) is 10.2. The summed E-state index contributed by atoms with van der Waals surface area (Å²) < 4.78 is 3.79. The van der Waals surface area contributed by atoms with Crippen LogP contribution in [0.2, 0.25) is 0 Å². The van der Waals surface area contributed by atoms with Crippen molar-refractivity contribution in [2.24, 2.45) is 7.05 Å². The van der Waals surface area contributed by atoms with Crippen LogP contribution in [0.4, 0.5) is 0 Å². The highest BCUT2D eigenvalue weighted by Gasteiger charge is 2.28. The quantitative estimate of drug-likeness (QED) is 0.557. The summed E-state index contributed by atoms with van der Waals surface area (Å²) in [6.45, 7) is 6.59. The molecule has 0 radical (unpaired) electrons. The molecule has 2 aromatic heterocycles. The van der Waals surface area contributed by atoms with E-state index >= 15 is 0 Å². The van der Waals surface area contributed by atoms with E-state index in [4.69, 9.17) is 5.10 Å². The Morgan fingerprint density at radius 2 is 1.76 bits per heavy atom. The lowest BCUT2D eigenvalue weighted by atomic mass is 10.0. The number of rotatable bonds is 2. The number of carbonyl (C=O) groups excluding carboxylic acids is 1. The molecule has 1 unspecified atom stereocenters. The molecule has 2 fully saturated rings. The van der Waals surface area contributed by atoms with Gasteiger partial charge in [-0.3, -0.25) is 14.3 Å². The van der Waals surface area contributed by atoms with E-state index in [2.05, 4.69) is 23.6 Å². The van der Waals surface area contributed by atoms with E-state index < -0.39 is 0 Å². The zero-order chi connectivity index (χ0) is 23.3. The van der Waals surface area contributed by atoms with Gasteiger partial charge in [0.15, 0.2) is 0 Å². The van der Waals surface area contributed by atoms with Gasteiger partial charge < -0.3 is 14.4 Å². The smallest absolute Gasteiger partial charge is 0.261 e. The summed E-state index contributed by atoms with van der Waals surface area (Å²) in [5.74, 6) is 0.0811. The minimum atomic E-state index is -0.0245. The Hall–Kier alpha value is -2.67. The Bertz CT molecular complexity index is 1270. The van der Waals surface area contributed by atoms with E-state index in [0.29, 0.717) is 11.4 Å². The predicted octanol–water partition coefficient (Wildman–Crippen LogP) is 3.87. The Kier molecular flexibility index (Phi) is 5.77. The van der Waals surface area contributed by atoms with E-state index in [1.165, 1.54) is 25.7 Å². The molecule has 1 aliphatic carbocycles. The lowest BCUT2D eigenvalue weighted by Crippen LogP contribution is -2.52. The van der Waals surface area contributed by atoms with Crippen LogP contribution < -0.4 is 5.56 Å². The molecular formula is C26H35N5O2. The van der Waals surface area contributed by atoms with Gasteiger partial charge in [0, 0.05) is 43.7 Å². The highest BCUT2D eigenvalue weighted by atomic mass is 16.2. The fraction of sp³-hybridized carbons (Fsp3) is 0.577. The standard InChI is InChI=1S/C26H35N5O2/c1-17-13-23-21(14-20(17)26(33)30-12-11-28(3)16-18(30)2)24-22(25(32)29(23)4)15-27-31(24)19-9-7-5-6-8-10-19/h13-15,18-19H,5-12,16H2,1-4H3. The average molecular weight is 450 g/mol. The fourth-order valence-corrected chi connectivity index (χ4v) is 5.84. The summed E-state index contributed by atoms with van der Waals surface area (Å²) in [7, 11) is 3.92. The molecule has 0 N–H and O–H groups in total. The van der Waals surface area contributed by atoms with E-state index in [1.54, 1.807) is 10.8 Å². The number of aryl methyl sites for hydroxylation is 2. The van der Waals surface area contributed by atoms with Crippen LogP contribution >= 0.6 is 0 Å². The summed E-state index contributed by atoms with van der Waals surface area (Å²) in [6.07, 6.45) is 8.82. The van der Waals surface area contributed by atoms with Gasteiger partial charge in [-0.15, -0.1) is 0 Å². The van der Waals surface area contributed by atoms with Gasteiger partial charge in [-0.25, -0.2) is 0 Å². The second kappa shape index (κ2) is 8.60. The number of benzene rings is 1. The van der Waals surface area contributed by atoms with E-state index in [0.717, 1.165) is 60.0 Å². The number of aromatic nitrogens is 3. The Labute approximate surface area is 195 Å². The molecule has 1 saturated heterocycles. The Morgan fingerprint density at radius 1 is 1.03 bits per heavy atom. The lowest BCUT2D eigenvalue weighted by Gasteiger charge is -2.38. The number of piperazine rings is 1. The van der Waals surface area contributed by atoms with Crippen LogP contribution in [0.25, 0.3) is 21.8 Å². The molecular weight excluding hydrogens is 414 g/mol. The van der Waals surface area contributed by atoms with Gasteiger partial charge in [-0.2, -0.15) is 5.10 Å². The maximum Gasteiger partial charge on any atom is 0.261 e. The highest BCUT2D eigenvalue weighted by molar-refractivity contribution is 6.08. The molecule has 5 rings (SSSR count). The van der Waals surface area contributed by atoms with Crippen molar-refractivity contribution in [3.05, 3.63) is 39.8 Å². The third-order valence-electron chi connectivity index (χ3n) is 7.78. The second-order valence-electron chi connectivity index (χ2n) is 10.2. The molecule has 33 heavy (non-hydrogen) atoms. The number of amides is 1. The number of likely N-dealkylation sites (N-methyl/N-ethyl adjacent to an activating group) is 1. The highest BCUT2D eigenvalue weighted by Crippen LogP contribution is 2.33. The molecule has 3 aromatic rings. The maximum absolute atomic E-state index is 13.7. The van der Waals surface area contributed by atoms with Gasteiger partial charge in [0.1, 0.15) is 0 Å². The van der Waals surface area contributed by atoms with Gasteiger partial charge in [-0.1, -0.05) is 25.7 Å². The molecule has 2 aliphatic rings. The third-order valence-corrected chi connectivity index (χ3v) is 7.78. The normalized spacial score (nSPS) is 21.1. The Morgan fingerprint density at radius 3 is 2.45 bits per heavy atom. The molecule has 7 nitrogen and oxygen atoms in total. The largest absolute Gasteiger partial charge is 0.333 e.